The van der Waals surface area contributed by atoms with Crippen LogP contribution in [0.5, 0.6) is 11.5 Å². The number of halogens is 3. The molecule has 0 aliphatic heterocycles. The lowest BCUT2D eigenvalue weighted by atomic mass is 10.2. The summed E-state index contributed by atoms with van der Waals surface area (Å²) < 4.78 is 31.7. The van der Waals surface area contributed by atoms with Gasteiger partial charge in [-0.3, -0.25) is 0 Å². The summed E-state index contributed by atoms with van der Waals surface area (Å²) in [6.45, 7) is 0. The zero-order valence-corrected chi connectivity index (χ0v) is 10.1. The fourth-order valence-electron chi connectivity index (χ4n) is 1.38. The van der Waals surface area contributed by atoms with Gasteiger partial charge in [-0.15, -0.1) is 0 Å². The third-order valence-corrected chi connectivity index (χ3v) is 2.59. The highest BCUT2D eigenvalue weighted by Crippen LogP contribution is 2.28. The predicted octanol–water partition coefficient (Wildman–Crippen LogP) is 4.11. The van der Waals surface area contributed by atoms with Crippen LogP contribution in [-0.4, -0.2) is 11.1 Å². The van der Waals surface area contributed by atoms with Gasteiger partial charge in [0.05, 0.1) is 10.6 Å². The summed E-state index contributed by atoms with van der Waals surface area (Å²) in [7, 11) is 0. The Bertz CT molecular complexity index is 644. The van der Waals surface area contributed by atoms with Crippen molar-refractivity contribution in [2.75, 3.05) is 0 Å². The van der Waals surface area contributed by atoms with Crippen molar-refractivity contribution in [3.63, 3.8) is 0 Å². The summed E-state index contributed by atoms with van der Waals surface area (Å²) in [6.07, 6.45) is 0. The van der Waals surface area contributed by atoms with Gasteiger partial charge in [0.1, 0.15) is 11.6 Å². The van der Waals surface area contributed by atoms with Crippen LogP contribution in [0.1, 0.15) is 10.4 Å². The van der Waals surface area contributed by atoms with Gasteiger partial charge in [0.15, 0.2) is 11.6 Å². The number of carbonyl (C=O) groups is 1. The Kier molecular flexibility index (Phi) is 3.66. The van der Waals surface area contributed by atoms with Crippen molar-refractivity contribution >= 4 is 17.6 Å². The van der Waals surface area contributed by atoms with Crippen LogP contribution in [0.2, 0.25) is 5.02 Å². The molecule has 0 aliphatic carbocycles. The Morgan fingerprint density at radius 2 is 1.84 bits per heavy atom. The van der Waals surface area contributed by atoms with Gasteiger partial charge in [-0.25, -0.2) is 13.6 Å². The van der Waals surface area contributed by atoms with E-state index in [1.807, 2.05) is 0 Å². The molecule has 0 aliphatic rings. The molecule has 2 aromatic rings. The Morgan fingerprint density at radius 3 is 2.42 bits per heavy atom. The van der Waals surface area contributed by atoms with E-state index in [1.54, 1.807) is 0 Å². The van der Waals surface area contributed by atoms with Gasteiger partial charge in [-0.1, -0.05) is 11.6 Å². The van der Waals surface area contributed by atoms with Gasteiger partial charge in [-0.05, 0) is 30.3 Å². The maximum Gasteiger partial charge on any atom is 0.335 e. The van der Waals surface area contributed by atoms with Gasteiger partial charge in [0, 0.05) is 6.07 Å². The van der Waals surface area contributed by atoms with Gasteiger partial charge < -0.3 is 9.84 Å². The van der Waals surface area contributed by atoms with E-state index >= 15 is 0 Å². The normalized spacial score (nSPS) is 10.3. The first kappa shape index (κ1) is 13.3. The van der Waals surface area contributed by atoms with Crippen LogP contribution in [0.3, 0.4) is 0 Å². The SMILES string of the molecule is O=C(O)c1ccc(Oc2ccc(F)c(Cl)c2)c(F)c1. The van der Waals surface area contributed by atoms with Crippen molar-refractivity contribution in [3.8, 4) is 11.5 Å². The second kappa shape index (κ2) is 5.24. The lowest BCUT2D eigenvalue weighted by Crippen LogP contribution is -1.98. The Labute approximate surface area is 112 Å². The molecule has 0 aromatic heterocycles. The van der Waals surface area contributed by atoms with Crippen molar-refractivity contribution < 1.29 is 23.4 Å². The number of aromatic carboxylic acids is 1. The van der Waals surface area contributed by atoms with Gasteiger partial charge in [0.25, 0.3) is 0 Å². The van der Waals surface area contributed by atoms with E-state index in [0.717, 1.165) is 12.1 Å². The van der Waals surface area contributed by atoms with Crippen molar-refractivity contribution in [3.05, 3.63) is 58.6 Å². The molecule has 0 bridgehead atoms. The summed E-state index contributed by atoms with van der Waals surface area (Å²) >= 11 is 5.56. The number of hydrogen-bond donors (Lipinski definition) is 1. The third kappa shape index (κ3) is 3.00. The molecule has 1 N–H and O–H groups in total. The van der Waals surface area contributed by atoms with Crippen molar-refractivity contribution in [1.82, 2.24) is 0 Å². The van der Waals surface area contributed by atoms with E-state index in [0.29, 0.717) is 0 Å². The summed E-state index contributed by atoms with van der Waals surface area (Å²) in [5.74, 6) is -2.72. The second-order valence-electron chi connectivity index (χ2n) is 3.63. The number of carboxylic acids is 1. The molecule has 0 amide bonds. The standard InChI is InChI=1S/C13H7ClF2O3/c14-9-6-8(2-3-10(9)15)19-12-4-1-7(13(17)18)5-11(12)16/h1-6H,(H,17,18). The smallest absolute Gasteiger partial charge is 0.335 e. The zero-order chi connectivity index (χ0) is 14.0. The second-order valence-corrected chi connectivity index (χ2v) is 4.04. The highest BCUT2D eigenvalue weighted by atomic mass is 35.5. The Morgan fingerprint density at radius 1 is 1.11 bits per heavy atom. The average molecular weight is 285 g/mol. The fraction of sp³-hybridized carbons (Fsp3) is 0. The first-order valence-electron chi connectivity index (χ1n) is 5.13. The van der Waals surface area contributed by atoms with E-state index in [1.165, 1.54) is 24.3 Å². The molecular weight excluding hydrogens is 278 g/mol. The maximum atomic E-state index is 13.6. The molecule has 0 fully saturated rings. The van der Waals surface area contributed by atoms with Crippen LogP contribution < -0.4 is 4.74 Å². The molecule has 0 saturated carbocycles. The third-order valence-electron chi connectivity index (χ3n) is 2.30. The highest BCUT2D eigenvalue weighted by molar-refractivity contribution is 6.30. The number of ether oxygens (including phenoxy) is 1. The van der Waals surface area contributed by atoms with Crippen molar-refractivity contribution in [1.29, 1.82) is 0 Å². The van der Waals surface area contributed by atoms with E-state index in [-0.39, 0.29) is 22.1 Å². The summed E-state index contributed by atoms with van der Waals surface area (Å²) in [6, 6.07) is 6.78. The van der Waals surface area contributed by atoms with Crippen LogP contribution in [0.4, 0.5) is 8.78 Å². The van der Waals surface area contributed by atoms with E-state index in [4.69, 9.17) is 21.4 Å². The van der Waals surface area contributed by atoms with Crippen LogP contribution >= 0.6 is 11.6 Å². The number of benzene rings is 2. The molecule has 3 nitrogen and oxygen atoms in total. The predicted molar refractivity (Wildman–Crippen MR) is 64.8 cm³/mol. The van der Waals surface area contributed by atoms with Gasteiger partial charge in [0.2, 0.25) is 0 Å². The van der Waals surface area contributed by atoms with Crippen LogP contribution in [0, 0.1) is 11.6 Å². The fourth-order valence-corrected chi connectivity index (χ4v) is 1.55. The average Bonchev–Trinajstić information content (AvgIpc) is 2.36. The molecule has 0 spiro atoms. The molecule has 19 heavy (non-hydrogen) atoms. The lowest BCUT2D eigenvalue weighted by molar-refractivity contribution is 0.0696. The minimum atomic E-state index is -1.24. The molecule has 0 radical (unpaired) electrons. The van der Waals surface area contributed by atoms with Crippen LogP contribution in [0.15, 0.2) is 36.4 Å². The number of carboxylic acid groups (broad SMARTS) is 1. The number of hydrogen-bond acceptors (Lipinski definition) is 2. The molecule has 0 saturated heterocycles. The number of rotatable bonds is 3. The maximum absolute atomic E-state index is 13.6. The molecule has 2 rings (SSSR count). The Hall–Kier alpha value is -2.14. The minimum absolute atomic E-state index is 0.147. The molecule has 0 atom stereocenters. The molecule has 6 heteroatoms. The van der Waals surface area contributed by atoms with Crippen LogP contribution in [0.25, 0.3) is 0 Å². The van der Waals surface area contributed by atoms with Crippen molar-refractivity contribution in [2.45, 2.75) is 0 Å². The summed E-state index contributed by atoms with van der Waals surface area (Å²) in [4.78, 5) is 10.6. The van der Waals surface area contributed by atoms with E-state index in [2.05, 4.69) is 0 Å². The molecule has 2 aromatic carbocycles. The first-order valence-corrected chi connectivity index (χ1v) is 5.51. The Balaban J connectivity index is 2.28. The molecule has 98 valence electrons. The van der Waals surface area contributed by atoms with Gasteiger partial charge >= 0.3 is 5.97 Å². The minimum Gasteiger partial charge on any atom is -0.478 e. The van der Waals surface area contributed by atoms with E-state index < -0.39 is 17.6 Å². The summed E-state index contributed by atoms with van der Waals surface area (Å²) in [5.41, 5.74) is -0.193. The molecule has 0 unspecified atom stereocenters. The van der Waals surface area contributed by atoms with Crippen molar-refractivity contribution in [2.24, 2.45) is 0 Å². The summed E-state index contributed by atoms with van der Waals surface area (Å²) in [5, 5.41) is 8.54. The van der Waals surface area contributed by atoms with Crippen LogP contribution in [-0.2, 0) is 0 Å². The molecule has 0 heterocycles. The first-order chi connectivity index (χ1) is 8.97. The molecular formula is C13H7ClF2O3. The largest absolute Gasteiger partial charge is 0.478 e. The quantitative estimate of drug-likeness (QED) is 0.922. The lowest BCUT2D eigenvalue weighted by Gasteiger charge is -2.07. The van der Waals surface area contributed by atoms with E-state index in [9.17, 15) is 13.6 Å². The topological polar surface area (TPSA) is 46.5 Å². The van der Waals surface area contributed by atoms with Gasteiger partial charge in [-0.2, -0.15) is 0 Å². The zero-order valence-electron chi connectivity index (χ0n) is 9.36. The highest BCUT2D eigenvalue weighted by Gasteiger charge is 2.10. The monoisotopic (exact) mass is 284 g/mol.